The van der Waals surface area contributed by atoms with E-state index in [0.717, 1.165) is 11.3 Å². The van der Waals surface area contributed by atoms with E-state index in [0.29, 0.717) is 0 Å². The second-order valence-corrected chi connectivity index (χ2v) is 4.70. The predicted octanol–water partition coefficient (Wildman–Crippen LogP) is 3.14. The SMILES string of the molecule is O=C(Nc1cccc(Cl)n1)Nc1sccc1C(=O)O. The van der Waals surface area contributed by atoms with Gasteiger partial charge in [0.1, 0.15) is 16.0 Å². The number of urea groups is 1. The Labute approximate surface area is 117 Å². The number of rotatable bonds is 3. The molecule has 2 amide bonds. The highest BCUT2D eigenvalue weighted by molar-refractivity contribution is 7.14. The maximum Gasteiger partial charge on any atom is 0.338 e. The lowest BCUT2D eigenvalue weighted by atomic mass is 10.3. The molecule has 2 aromatic rings. The minimum atomic E-state index is -1.10. The number of amides is 2. The highest BCUT2D eigenvalue weighted by Crippen LogP contribution is 2.23. The van der Waals surface area contributed by atoms with E-state index in [1.54, 1.807) is 23.6 Å². The van der Waals surface area contributed by atoms with E-state index in [1.807, 2.05) is 0 Å². The molecule has 0 spiro atoms. The van der Waals surface area contributed by atoms with Crippen molar-refractivity contribution in [1.82, 2.24) is 4.98 Å². The molecule has 0 aliphatic carbocycles. The molecular formula is C11H8ClN3O3S. The van der Waals surface area contributed by atoms with E-state index < -0.39 is 12.0 Å². The number of thiophene rings is 1. The molecule has 3 N–H and O–H groups in total. The van der Waals surface area contributed by atoms with Gasteiger partial charge in [0.15, 0.2) is 0 Å². The molecule has 8 heteroatoms. The molecule has 0 aromatic carbocycles. The number of carbonyl (C=O) groups excluding carboxylic acids is 1. The topological polar surface area (TPSA) is 91.3 Å². The number of nitrogens with one attached hydrogen (secondary N) is 2. The number of pyridine rings is 1. The first-order valence-corrected chi connectivity index (χ1v) is 6.33. The summed E-state index contributed by atoms with van der Waals surface area (Å²) < 4.78 is 0. The standard InChI is InChI=1S/C11H8ClN3O3S/c12-7-2-1-3-8(13-7)14-11(18)15-9-6(10(16)17)4-5-19-9/h1-5H,(H,16,17)(H2,13,14,15,18). The van der Waals surface area contributed by atoms with E-state index >= 15 is 0 Å². The third-order valence-corrected chi connectivity index (χ3v) is 3.12. The summed E-state index contributed by atoms with van der Waals surface area (Å²) in [5.41, 5.74) is 0.0409. The summed E-state index contributed by atoms with van der Waals surface area (Å²) in [7, 11) is 0. The van der Waals surface area contributed by atoms with Crippen molar-refractivity contribution in [2.75, 3.05) is 10.6 Å². The van der Waals surface area contributed by atoms with Gasteiger partial charge in [-0.25, -0.2) is 14.6 Å². The largest absolute Gasteiger partial charge is 0.478 e. The van der Waals surface area contributed by atoms with Crippen molar-refractivity contribution in [3.8, 4) is 0 Å². The fraction of sp³-hybridized carbons (Fsp3) is 0. The molecule has 2 heterocycles. The van der Waals surface area contributed by atoms with Gasteiger partial charge < -0.3 is 5.11 Å². The zero-order chi connectivity index (χ0) is 13.8. The average Bonchev–Trinajstić information content (AvgIpc) is 2.76. The Morgan fingerprint density at radius 3 is 2.74 bits per heavy atom. The van der Waals surface area contributed by atoms with Crippen LogP contribution in [-0.2, 0) is 0 Å². The van der Waals surface area contributed by atoms with Gasteiger partial charge in [0.2, 0.25) is 0 Å². The number of carboxylic acid groups (broad SMARTS) is 1. The van der Waals surface area contributed by atoms with Gasteiger partial charge in [0.25, 0.3) is 0 Å². The summed E-state index contributed by atoms with van der Waals surface area (Å²) >= 11 is 6.80. The number of aromatic nitrogens is 1. The Balaban J connectivity index is 2.05. The second kappa shape index (κ2) is 5.68. The van der Waals surface area contributed by atoms with Crippen LogP contribution in [0.4, 0.5) is 15.6 Å². The number of anilines is 2. The lowest BCUT2D eigenvalue weighted by molar-refractivity contribution is 0.0698. The second-order valence-electron chi connectivity index (χ2n) is 3.39. The van der Waals surface area contributed by atoms with Crippen molar-refractivity contribution in [3.63, 3.8) is 0 Å². The highest BCUT2D eigenvalue weighted by atomic mass is 35.5. The van der Waals surface area contributed by atoms with Crippen LogP contribution in [0.15, 0.2) is 29.6 Å². The van der Waals surface area contributed by atoms with Gasteiger partial charge in [0, 0.05) is 0 Å². The van der Waals surface area contributed by atoms with E-state index in [4.69, 9.17) is 16.7 Å². The van der Waals surface area contributed by atoms with Crippen LogP contribution in [0.2, 0.25) is 5.15 Å². The molecule has 0 radical (unpaired) electrons. The maximum atomic E-state index is 11.7. The van der Waals surface area contributed by atoms with Gasteiger partial charge in [-0.3, -0.25) is 10.6 Å². The summed E-state index contributed by atoms with van der Waals surface area (Å²) in [6.07, 6.45) is 0. The van der Waals surface area contributed by atoms with Crippen LogP contribution in [0.5, 0.6) is 0 Å². The minimum absolute atomic E-state index is 0.0409. The average molecular weight is 298 g/mol. The van der Waals surface area contributed by atoms with Crippen molar-refractivity contribution in [2.45, 2.75) is 0 Å². The third kappa shape index (κ3) is 3.43. The number of aromatic carboxylic acids is 1. The van der Waals surface area contributed by atoms with Crippen molar-refractivity contribution in [2.24, 2.45) is 0 Å². The molecule has 0 aliphatic rings. The fourth-order valence-electron chi connectivity index (χ4n) is 1.30. The van der Waals surface area contributed by atoms with Crippen LogP contribution < -0.4 is 10.6 Å². The number of carbonyl (C=O) groups is 2. The smallest absolute Gasteiger partial charge is 0.338 e. The van der Waals surface area contributed by atoms with Crippen molar-refractivity contribution in [1.29, 1.82) is 0 Å². The van der Waals surface area contributed by atoms with Gasteiger partial charge in [-0.15, -0.1) is 11.3 Å². The van der Waals surface area contributed by atoms with Gasteiger partial charge in [-0.1, -0.05) is 17.7 Å². The van der Waals surface area contributed by atoms with Crippen LogP contribution in [0.1, 0.15) is 10.4 Å². The molecule has 0 bridgehead atoms. The molecule has 0 unspecified atom stereocenters. The van der Waals surface area contributed by atoms with Crippen LogP contribution >= 0.6 is 22.9 Å². The van der Waals surface area contributed by atoms with E-state index in [-0.39, 0.29) is 21.5 Å². The summed E-state index contributed by atoms with van der Waals surface area (Å²) in [6.45, 7) is 0. The zero-order valence-corrected chi connectivity index (χ0v) is 11.0. The molecule has 0 fully saturated rings. The number of nitrogens with zero attached hydrogens (tertiary/aromatic N) is 1. The molecule has 0 saturated heterocycles. The number of hydrogen-bond acceptors (Lipinski definition) is 4. The number of hydrogen-bond donors (Lipinski definition) is 3. The van der Waals surface area contributed by atoms with E-state index in [1.165, 1.54) is 6.07 Å². The number of carboxylic acids is 1. The molecule has 98 valence electrons. The van der Waals surface area contributed by atoms with Crippen molar-refractivity contribution < 1.29 is 14.7 Å². The van der Waals surface area contributed by atoms with Gasteiger partial charge in [-0.05, 0) is 23.6 Å². The van der Waals surface area contributed by atoms with E-state index in [9.17, 15) is 9.59 Å². The molecular weight excluding hydrogens is 290 g/mol. The molecule has 2 aromatic heterocycles. The highest BCUT2D eigenvalue weighted by Gasteiger charge is 2.14. The Bertz CT molecular complexity index is 629. The molecule has 2 rings (SSSR count). The Hall–Kier alpha value is -2.12. The van der Waals surface area contributed by atoms with Crippen LogP contribution in [0.3, 0.4) is 0 Å². The van der Waals surface area contributed by atoms with E-state index in [2.05, 4.69) is 15.6 Å². The van der Waals surface area contributed by atoms with Crippen LogP contribution in [0.25, 0.3) is 0 Å². The lowest BCUT2D eigenvalue weighted by Gasteiger charge is -2.06. The molecule has 0 atom stereocenters. The molecule has 19 heavy (non-hydrogen) atoms. The van der Waals surface area contributed by atoms with Crippen LogP contribution in [-0.4, -0.2) is 22.1 Å². The third-order valence-electron chi connectivity index (χ3n) is 2.08. The minimum Gasteiger partial charge on any atom is -0.478 e. The fourth-order valence-corrected chi connectivity index (χ4v) is 2.24. The summed E-state index contributed by atoms with van der Waals surface area (Å²) in [5, 5.41) is 15.9. The van der Waals surface area contributed by atoms with Gasteiger partial charge >= 0.3 is 12.0 Å². The lowest BCUT2D eigenvalue weighted by Crippen LogP contribution is -2.20. The molecule has 6 nitrogen and oxygen atoms in total. The van der Waals surface area contributed by atoms with Gasteiger partial charge in [-0.2, -0.15) is 0 Å². The first-order valence-electron chi connectivity index (χ1n) is 5.07. The quantitative estimate of drug-likeness (QED) is 0.759. The Kier molecular flexibility index (Phi) is 3.98. The predicted molar refractivity (Wildman–Crippen MR) is 73.2 cm³/mol. The summed E-state index contributed by atoms with van der Waals surface area (Å²) in [4.78, 5) is 26.4. The molecule has 0 aliphatic heterocycles. The van der Waals surface area contributed by atoms with Crippen molar-refractivity contribution >= 4 is 45.8 Å². The first kappa shape index (κ1) is 13.3. The first-order chi connectivity index (χ1) is 9.06. The Morgan fingerprint density at radius 1 is 1.26 bits per heavy atom. The van der Waals surface area contributed by atoms with Crippen molar-refractivity contribution in [3.05, 3.63) is 40.4 Å². The monoisotopic (exact) mass is 297 g/mol. The zero-order valence-electron chi connectivity index (χ0n) is 9.38. The Morgan fingerprint density at radius 2 is 2.05 bits per heavy atom. The summed E-state index contributed by atoms with van der Waals surface area (Å²) in [5.74, 6) is -0.823. The van der Waals surface area contributed by atoms with Gasteiger partial charge in [0.05, 0.1) is 5.56 Å². The normalized spacial score (nSPS) is 9.95. The summed E-state index contributed by atoms with van der Waals surface area (Å²) in [6, 6.07) is 5.61. The number of halogens is 1. The maximum absolute atomic E-state index is 11.7. The van der Waals surface area contributed by atoms with Crippen LogP contribution in [0, 0.1) is 0 Å². The molecule has 0 saturated carbocycles.